The van der Waals surface area contributed by atoms with Gasteiger partial charge in [-0.05, 0) is 19.3 Å². The number of rotatable bonds is 11. The summed E-state index contributed by atoms with van der Waals surface area (Å²) >= 11 is 0. The molecule has 0 unspecified atom stereocenters. The van der Waals surface area contributed by atoms with Crippen LogP contribution in [-0.2, 0) is 13.0 Å². The first-order chi connectivity index (χ1) is 14.6. The number of hydrogen-bond donors (Lipinski definition) is 2. The van der Waals surface area contributed by atoms with E-state index in [1.165, 1.54) is 0 Å². The van der Waals surface area contributed by atoms with Crippen LogP contribution in [0.3, 0.4) is 0 Å². The number of benzene rings is 1. The summed E-state index contributed by atoms with van der Waals surface area (Å²) in [5.74, 6) is 4.06. The smallest absolute Gasteiger partial charge is 0.191 e. The molecule has 0 bridgehead atoms. The van der Waals surface area contributed by atoms with E-state index in [1.54, 1.807) is 28.4 Å². The Morgan fingerprint density at radius 2 is 1.68 bits per heavy atom. The van der Waals surface area contributed by atoms with Crippen molar-refractivity contribution >= 4 is 29.9 Å². The quantitative estimate of drug-likeness (QED) is 0.249. The van der Waals surface area contributed by atoms with E-state index in [9.17, 15) is 0 Å². The normalized spacial score (nSPS) is 11.1. The minimum absolute atomic E-state index is 0. The van der Waals surface area contributed by atoms with Crippen LogP contribution in [0.4, 0.5) is 0 Å². The molecule has 31 heavy (non-hydrogen) atoms. The average Bonchev–Trinajstić information content (AvgIpc) is 3.25. The van der Waals surface area contributed by atoms with Crippen molar-refractivity contribution in [1.29, 1.82) is 0 Å². The fourth-order valence-electron chi connectivity index (χ4n) is 3.33. The van der Waals surface area contributed by atoms with Gasteiger partial charge in [0.25, 0.3) is 0 Å². The van der Waals surface area contributed by atoms with Crippen LogP contribution in [0.15, 0.2) is 27.7 Å². The number of nitrogens with zero attached hydrogens (tertiary/aromatic N) is 2. The monoisotopic (exact) mass is 546 g/mol. The lowest BCUT2D eigenvalue weighted by molar-refractivity contribution is 0.367. The predicted molar refractivity (Wildman–Crippen MR) is 133 cm³/mol. The van der Waals surface area contributed by atoms with Crippen molar-refractivity contribution in [3.63, 3.8) is 0 Å². The van der Waals surface area contributed by atoms with Crippen molar-refractivity contribution in [1.82, 2.24) is 15.8 Å². The Morgan fingerprint density at radius 3 is 2.19 bits per heavy atom. The highest BCUT2D eigenvalue weighted by atomic mass is 127. The highest BCUT2D eigenvalue weighted by Gasteiger charge is 2.15. The molecule has 8 nitrogen and oxygen atoms in total. The number of aromatic nitrogens is 1. The predicted octanol–water partition coefficient (Wildman–Crippen LogP) is 4.13. The van der Waals surface area contributed by atoms with E-state index in [2.05, 4.69) is 34.6 Å². The highest BCUT2D eigenvalue weighted by Crippen LogP contribution is 2.34. The van der Waals surface area contributed by atoms with Gasteiger partial charge in [0.1, 0.15) is 17.2 Å². The van der Waals surface area contributed by atoms with Gasteiger partial charge in [-0.15, -0.1) is 24.0 Å². The molecule has 0 spiro atoms. The summed E-state index contributed by atoms with van der Waals surface area (Å²) in [6.07, 6.45) is 2.80. The average molecular weight is 546 g/mol. The van der Waals surface area contributed by atoms with Crippen molar-refractivity contribution in [3.8, 4) is 17.2 Å². The van der Waals surface area contributed by atoms with E-state index in [0.29, 0.717) is 37.1 Å². The molecular weight excluding hydrogens is 511 g/mol. The third kappa shape index (κ3) is 7.48. The van der Waals surface area contributed by atoms with Gasteiger partial charge in [0.15, 0.2) is 11.7 Å². The van der Waals surface area contributed by atoms with Crippen molar-refractivity contribution in [3.05, 3.63) is 35.2 Å². The lowest BCUT2D eigenvalue weighted by Crippen LogP contribution is -2.37. The molecule has 0 atom stereocenters. The molecule has 0 aliphatic heterocycles. The fraction of sp³-hybridized carbons (Fsp3) is 0.545. The maximum absolute atomic E-state index is 5.51. The zero-order valence-electron chi connectivity index (χ0n) is 19.3. The molecule has 1 aromatic heterocycles. The molecule has 174 valence electrons. The van der Waals surface area contributed by atoms with Gasteiger partial charge in [-0.3, -0.25) is 4.99 Å². The molecule has 0 fully saturated rings. The summed E-state index contributed by atoms with van der Waals surface area (Å²) in [7, 11) is 6.63. The lowest BCUT2D eigenvalue weighted by atomic mass is 9.99. The first-order valence-electron chi connectivity index (χ1n) is 10.3. The number of guanidine groups is 1. The first-order valence-corrected chi connectivity index (χ1v) is 10.3. The lowest BCUT2D eigenvalue weighted by Gasteiger charge is -2.16. The third-order valence-corrected chi connectivity index (χ3v) is 5.12. The SMILES string of the molecule is CCC(CC)c1cc(CNC(=NC)NCCc2c(OC)cc(OC)cc2OC)on1.I. The van der Waals surface area contributed by atoms with E-state index >= 15 is 0 Å². The van der Waals surface area contributed by atoms with Crippen LogP contribution in [0.25, 0.3) is 0 Å². The molecule has 0 saturated carbocycles. The molecule has 2 N–H and O–H groups in total. The van der Waals surface area contributed by atoms with Crippen LogP contribution in [0, 0.1) is 0 Å². The number of nitrogens with one attached hydrogen (secondary N) is 2. The summed E-state index contributed by atoms with van der Waals surface area (Å²) < 4.78 is 21.8. The topological polar surface area (TPSA) is 90.1 Å². The van der Waals surface area contributed by atoms with Crippen molar-refractivity contribution in [2.45, 2.75) is 45.6 Å². The van der Waals surface area contributed by atoms with Gasteiger partial charge in [-0.1, -0.05) is 19.0 Å². The van der Waals surface area contributed by atoms with E-state index in [4.69, 9.17) is 18.7 Å². The molecule has 0 aliphatic carbocycles. The second-order valence-corrected chi connectivity index (χ2v) is 6.84. The summed E-state index contributed by atoms with van der Waals surface area (Å²) in [4.78, 5) is 4.27. The number of methoxy groups -OCH3 is 3. The van der Waals surface area contributed by atoms with Gasteiger partial charge < -0.3 is 29.4 Å². The zero-order chi connectivity index (χ0) is 21.9. The Balaban J connectivity index is 0.00000480. The zero-order valence-corrected chi connectivity index (χ0v) is 21.6. The Bertz CT molecular complexity index is 797. The van der Waals surface area contributed by atoms with Gasteiger partial charge in [0.05, 0.1) is 33.6 Å². The molecule has 2 aromatic rings. The molecule has 0 radical (unpaired) electrons. The van der Waals surface area contributed by atoms with Crippen molar-refractivity contribution in [2.75, 3.05) is 34.9 Å². The maximum atomic E-state index is 5.51. The van der Waals surface area contributed by atoms with Gasteiger partial charge in [-0.2, -0.15) is 0 Å². The van der Waals surface area contributed by atoms with Crippen LogP contribution in [0.5, 0.6) is 17.2 Å². The largest absolute Gasteiger partial charge is 0.496 e. The van der Waals surface area contributed by atoms with Crippen LogP contribution in [0.1, 0.15) is 49.6 Å². The minimum atomic E-state index is 0. The molecule has 1 heterocycles. The van der Waals surface area contributed by atoms with E-state index in [-0.39, 0.29) is 24.0 Å². The summed E-state index contributed by atoms with van der Waals surface area (Å²) in [5, 5.41) is 10.8. The number of ether oxygens (including phenoxy) is 3. The molecule has 9 heteroatoms. The second-order valence-electron chi connectivity index (χ2n) is 6.84. The molecular formula is C22H35IN4O4. The van der Waals surface area contributed by atoms with Gasteiger partial charge in [0.2, 0.25) is 0 Å². The number of aliphatic imine (C=N–C) groups is 1. The summed E-state index contributed by atoms with van der Waals surface area (Å²) in [6, 6.07) is 5.73. The Kier molecular flexibility index (Phi) is 12.1. The van der Waals surface area contributed by atoms with Gasteiger partial charge >= 0.3 is 0 Å². The molecule has 0 aliphatic rings. The van der Waals surface area contributed by atoms with E-state index < -0.39 is 0 Å². The number of halogens is 1. The molecule has 2 rings (SSSR count). The molecule has 0 amide bonds. The van der Waals surface area contributed by atoms with Gasteiger partial charge in [0, 0.05) is 43.3 Å². The Labute approximate surface area is 202 Å². The minimum Gasteiger partial charge on any atom is -0.496 e. The second kappa shape index (κ2) is 14.0. The van der Waals surface area contributed by atoms with Crippen LogP contribution in [-0.4, -0.2) is 46.0 Å². The maximum Gasteiger partial charge on any atom is 0.191 e. The number of hydrogen-bond acceptors (Lipinski definition) is 6. The Hall–Kier alpha value is -2.17. The van der Waals surface area contributed by atoms with Gasteiger partial charge in [-0.25, -0.2) is 0 Å². The molecule has 1 aromatic carbocycles. The standard InChI is InChI=1S/C22H34N4O4.HI/c1-7-15(8-2)19-11-17(30-26-19)14-25-22(23-3)24-10-9-18-20(28-5)12-16(27-4)13-21(18)29-6;/h11-13,15H,7-10,14H2,1-6H3,(H2,23,24,25);1H. The van der Waals surface area contributed by atoms with Crippen molar-refractivity contribution < 1.29 is 18.7 Å². The fourth-order valence-corrected chi connectivity index (χ4v) is 3.33. The summed E-state index contributed by atoms with van der Waals surface area (Å²) in [5.41, 5.74) is 1.98. The van der Waals surface area contributed by atoms with E-state index in [0.717, 1.165) is 41.4 Å². The van der Waals surface area contributed by atoms with Crippen molar-refractivity contribution in [2.24, 2.45) is 4.99 Å². The van der Waals surface area contributed by atoms with Crippen LogP contribution < -0.4 is 24.8 Å². The Morgan fingerprint density at radius 1 is 1.03 bits per heavy atom. The first kappa shape index (κ1) is 26.9. The molecule has 0 saturated heterocycles. The van der Waals surface area contributed by atoms with Crippen LogP contribution >= 0.6 is 24.0 Å². The van der Waals surface area contributed by atoms with Crippen LogP contribution in [0.2, 0.25) is 0 Å². The highest BCUT2D eigenvalue weighted by molar-refractivity contribution is 14.0. The third-order valence-electron chi connectivity index (χ3n) is 5.12. The van der Waals surface area contributed by atoms with E-state index in [1.807, 2.05) is 18.2 Å². The summed E-state index contributed by atoms with van der Waals surface area (Å²) in [6.45, 7) is 5.49.